The molecule has 2 fully saturated rings. The third kappa shape index (κ3) is 5.44. The number of hydrogen-bond acceptors (Lipinski definition) is 5. The van der Waals surface area contributed by atoms with Gasteiger partial charge in [0.25, 0.3) is 0 Å². The van der Waals surface area contributed by atoms with Crippen LogP contribution in [-0.2, 0) is 17.1 Å². The van der Waals surface area contributed by atoms with Gasteiger partial charge < -0.3 is 55.0 Å². The summed E-state index contributed by atoms with van der Waals surface area (Å²) in [6, 6.07) is 19.3. The summed E-state index contributed by atoms with van der Waals surface area (Å²) >= 11 is 0. The van der Waals surface area contributed by atoms with E-state index in [9.17, 15) is 19.5 Å². The zero-order valence-electron chi connectivity index (χ0n) is 19.9. The number of fused-ring (bicyclic) bond motifs is 1. The van der Waals surface area contributed by atoms with E-state index >= 15 is 4.39 Å². The summed E-state index contributed by atoms with van der Waals surface area (Å²) in [5, 5.41) is 12.6. The van der Waals surface area contributed by atoms with Crippen molar-refractivity contribution in [2.24, 2.45) is 0 Å². The third-order valence-electron chi connectivity index (χ3n) is 6.63. The van der Waals surface area contributed by atoms with Crippen LogP contribution in [0.15, 0.2) is 77.7 Å². The summed E-state index contributed by atoms with van der Waals surface area (Å²) in [5.74, 6) is -2.07. The molecule has 0 amide bonds. The van der Waals surface area contributed by atoms with Crippen molar-refractivity contribution in [3.63, 3.8) is 0 Å². The number of ketones is 1. The van der Waals surface area contributed by atoms with E-state index in [-0.39, 0.29) is 45.5 Å². The first-order valence-corrected chi connectivity index (χ1v) is 12.0. The third-order valence-corrected chi connectivity index (χ3v) is 6.63. The average Bonchev–Trinajstić information content (AvgIpc) is 3.31. The van der Waals surface area contributed by atoms with Gasteiger partial charge in [-0.2, -0.15) is 12.1 Å². The Morgan fingerprint density at radius 2 is 1.73 bits per heavy atom. The molecular weight excluding hydrogens is 517 g/mol. The number of Topliss-reactive ketones (excluding diaryl/α,β-unsaturated/α-hetero) is 1. The second-order valence-electron chi connectivity index (χ2n) is 9.05. The molecule has 1 aliphatic heterocycles. The van der Waals surface area contributed by atoms with E-state index < -0.39 is 23.3 Å². The Balaban J connectivity index is 0.000000479. The maximum absolute atomic E-state index is 15.3. The van der Waals surface area contributed by atoms with Crippen molar-refractivity contribution in [1.29, 1.82) is 0 Å². The van der Waals surface area contributed by atoms with Crippen LogP contribution in [0.2, 0.25) is 0 Å². The molecule has 6 rings (SSSR count). The first-order valence-electron chi connectivity index (χ1n) is 12.0. The minimum Gasteiger partial charge on any atom is -0.748 e. The number of pyridine rings is 1. The van der Waals surface area contributed by atoms with Crippen LogP contribution in [0, 0.1) is 5.82 Å². The van der Waals surface area contributed by atoms with Crippen molar-refractivity contribution in [3.8, 4) is 0 Å². The number of carbonyl (C=O) groups excluding carboxylic acids is 1. The second-order valence-corrected chi connectivity index (χ2v) is 9.05. The van der Waals surface area contributed by atoms with Gasteiger partial charge >= 0.3 is 5.97 Å². The number of aromatic carboxylic acids is 1. The molecule has 7 nitrogen and oxygen atoms in total. The van der Waals surface area contributed by atoms with Gasteiger partial charge in [0, 0.05) is 54.3 Å². The molecule has 2 heterocycles. The number of carboxylic acids is 1. The van der Waals surface area contributed by atoms with Crippen LogP contribution in [0.3, 0.4) is 0 Å². The van der Waals surface area contributed by atoms with Gasteiger partial charge in [0.05, 0.1) is 17.2 Å². The summed E-state index contributed by atoms with van der Waals surface area (Å²) < 4.78 is 17.0. The largest absolute Gasteiger partial charge is 0.748 e. The van der Waals surface area contributed by atoms with E-state index in [1.165, 1.54) is 6.20 Å². The number of carboxylic acid groups (broad SMARTS) is 1. The molecule has 3 aromatic carbocycles. The fraction of sp³-hybridized carbons (Fsp3) is 0.250. The monoisotopic (exact) mass is 543 g/mol. The van der Waals surface area contributed by atoms with Crippen LogP contribution in [0.5, 0.6) is 0 Å². The van der Waals surface area contributed by atoms with Crippen molar-refractivity contribution in [2.45, 2.75) is 24.9 Å². The molecule has 9 heteroatoms. The smallest absolute Gasteiger partial charge is 0.341 e. The minimum absolute atomic E-state index is 0. The summed E-state index contributed by atoms with van der Waals surface area (Å²) in [7, 11) is 0. The van der Waals surface area contributed by atoms with E-state index in [1.807, 2.05) is 30.3 Å². The Kier molecular flexibility index (Phi) is 8.07. The number of carbonyl (C=O) groups is 2. The molecule has 1 aromatic heterocycles. The predicted molar refractivity (Wildman–Crippen MR) is 136 cm³/mol. The summed E-state index contributed by atoms with van der Waals surface area (Å²) in [5.41, 5.74) is 0.246. The van der Waals surface area contributed by atoms with Crippen molar-refractivity contribution < 1.29 is 36.2 Å². The maximum atomic E-state index is 15.3. The van der Waals surface area contributed by atoms with Crippen molar-refractivity contribution in [2.75, 3.05) is 24.5 Å². The Morgan fingerprint density at radius 1 is 1.08 bits per heavy atom. The number of halogens is 1. The Labute approximate surface area is 223 Å². The van der Waals surface area contributed by atoms with Gasteiger partial charge in [-0.15, -0.1) is 0 Å². The first-order chi connectivity index (χ1) is 17.5. The number of rotatable bonds is 5. The molecule has 198 valence electrons. The van der Waals surface area contributed by atoms with Crippen LogP contribution in [0.1, 0.15) is 39.6 Å². The molecule has 2 aliphatic rings. The summed E-state index contributed by atoms with van der Waals surface area (Å²) in [6.45, 7) is 1.41. The number of anilines is 1. The molecule has 1 saturated heterocycles. The van der Waals surface area contributed by atoms with Crippen LogP contribution in [-0.4, -0.2) is 47.1 Å². The fourth-order valence-electron chi connectivity index (χ4n) is 4.66. The van der Waals surface area contributed by atoms with Gasteiger partial charge in [-0.05, 0) is 25.0 Å². The van der Waals surface area contributed by atoms with Gasteiger partial charge in [-0.1, -0.05) is 5.56 Å². The SMILES string of the molecule is O=C(O)c1cn(C2CC2)c2cc(N3CCNCC3C(=O)[c-]3cccc3)c(F)cc2c1=O.[Fe].[cH-]1[cH-][cH-][cH-][cH-]1. The van der Waals surface area contributed by atoms with Crippen LogP contribution < -0.4 is 15.6 Å². The van der Waals surface area contributed by atoms with Crippen LogP contribution >= 0.6 is 0 Å². The van der Waals surface area contributed by atoms with E-state index in [1.54, 1.807) is 39.8 Å². The van der Waals surface area contributed by atoms with Gasteiger partial charge in [-0.3, -0.25) is 4.79 Å². The predicted octanol–water partition coefficient (Wildman–Crippen LogP) is 3.96. The first kappa shape index (κ1) is 26.5. The van der Waals surface area contributed by atoms with E-state index in [2.05, 4.69) is 5.32 Å². The van der Waals surface area contributed by atoms with Crippen molar-refractivity contribution >= 4 is 28.3 Å². The van der Waals surface area contributed by atoms with Crippen molar-refractivity contribution in [1.82, 2.24) is 9.88 Å². The second kappa shape index (κ2) is 11.3. The van der Waals surface area contributed by atoms with Gasteiger partial charge in [-0.25, -0.2) is 21.3 Å². The summed E-state index contributed by atoms with van der Waals surface area (Å²) in [6.07, 6.45) is 3.10. The van der Waals surface area contributed by atoms with E-state index in [0.29, 0.717) is 30.7 Å². The zero-order chi connectivity index (χ0) is 25.2. The number of nitrogens with zero attached hydrogens (tertiary/aromatic N) is 2. The normalized spacial score (nSPS) is 17.0. The molecule has 0 bridgehead atoms. The number of nitrogens with one attached hydrogen (secondary N) is 1. The molecule has 1 aliphatic carbocycles. The molecule has 1 atom stereocenters. The molecule has 0 radical (unpaired) electrons. The van der Waals surface area contributed by atoms with Gasteiger partial charge in [0.15, 0.2) is 0 Å². The van der Waals surface area contributed by atoms with Gasteiger partial charge in [0.2, 0.25) is 5.43 Å². The number of benzene rings is 1. The molecule has 4 aromatic rings. The topological polar surface area (TPSA) is 91.6 Å². The minimum atomic E-state index is -1.33. The molecule has 37 heavy (non-hydrogen) atoms. The maximum Gasteiger partial charge on any atom is 0.341 e. The molecular formula is C28H26FFeN3O4-6. The fourth-order valence-corrected chi connectivity index (χ4v) is 4.66. The standard InChI is InChI=1S/C23H21FN3O4.C5H5.Fe/c24-17-9-15-18(27(14-5-6-14)12-16(22(15)29)23(30)31)10-19(17)26-8-7-25-11-20(26)21(28)13-3-1-2-4-13;1-2-4-5-3-1;/h1-4,9-10,12,14,20,25H,5-8,11H2,(H,30,31);1-5H;/q-1;-5;. The molecule has 0 spiro atoms. The molecule has 1 saturated carbocycles. The zero-order valence-corrected chi connectivity index (χ0v) is 21.0. The number of piperazine rings is 1. The van der Waals surface area contributed by atoms with Crippen LogP contribution in [0.25, 0.3) is 10.9 Å². The summed E-state index contributed by atoms with van der Waals surface area (Å²) in [4.78, 5) is 39.0. The van der Waals surface area contributed by atoms with E-state index in [0.717, 1.165) is 18.9 Å². The van der Waals surface area contributed by atoms with Gasteiger partial charge in [0.1, 0.15) is 17.2 Å². The number of hydrogen-bond donors (Lipinski definition) is 2. The quantitative estimate of drug-likeness (QED) is 0.225. The van der Waals surface area contributed by atoms with Crippen molar-refractivity contribution in [3.05, 3.63) is 100 Å². The van der Waals surface area contributed by atoms with E-state index in [4.69, 9.17) is 0 Å². The Hall–Kier alpha value is -3.52. The Morgan fingerprint density at radius 3 is 2.32 bits per heavy atom. The number of aromatic nitrogens is 1. The molecule has 2 N–H and O–H groups in total. The molecule has 1 unspecified atom stereocenters. The van der Waals surface area contributed by atoms with Crippen LogP contribution in [0.4, 0.5) is 10.1 Å². The Bertz CT molecular complexity index is 1430. The average molecular weight is 543 g/mol.